The number of rotatable bonds is 10. The Labute approximate surface area is 90.0 Å². The zero-order valence-corrected chi connectivity index (χ0v) is 10.1. The average Bonchev–Trinajstić information content (AvgIpc) is 2.22. The predicted octanol–water partition coefficient (Wildman–Crippen LogP) is 4.61. The molecule has 1 atom stereocenters. The summed E-state index contributed by atoms with van der Waals surface area (Å²) in [5.74, 6) is 0. The van der Waals surface area contributed by atoms with Crippen molar-refractivity contribution < 1.29 is 0 Å². The Morgan fingerprint density at radius 2 is 1.36 bits per heavy atom. The summed E-state index contributed by atoms with van der Waals surface area (Å²) in [6.07, 6.45) is 11.9. The van der Waals surface area contributed by atoms with Gasteiger partial charge in [0.05, 0.1) is 0 Å². The van der Waals surface area contributed by atoms with Crippen molar-refractivity contribution in [3.8, 4) is 0 Å². The van der Waals surface area contributed by atoms with E-state index in [9.17, 15) is 0 Å². The van der Waals surface area contributed by atoms with Gasteiger partial charge in [0, 0.05) is 6.04 Å². The van der Waals surface area contributed by atoms with Gasteiger partial charge in [0.25, 0.3) is 0 Å². The van der Waals surface area contributed by atoms with Crippen molar-refractivity contribution >= 4 is 6.72 Å². The maximum atomic E-state index is 4.21. The van der Waals surface area contributed by atoms with E-state index in [0.717, 1.165) is 0 Å². The molecule has 0 spiro atoms. The van der Waals surface area contributed by atoms with Crippen LogP contribution in [-0.2, 0) is 0 Å². The minimum Gasteiger partial charge on any atom is -0.298 e. The molecule has 0 aromatic rings. The van der Waals surface area contributed by atoms with Crippen LogP contribution in [0.25, 0.3) is 0 Å². The summed E-state index contributed by atoms with van der Waals surface area (Å²) in [6, 6.07) is 0.540. The lowest BCUT2D eigenvalue weighted by Gasteiger charge is -2.10. The standard InChI is InChI=1S/C13H27N/c1-4-6-8-10-12-13(14-3)11-9-7-5-2/h13H,3-12H2,1-2H3. The monoisotopic (exact) mass is 197 g/mol. The number of hydrogen-bond donors (Lipinski definition) is 0. The van der Waals surface area contributed by atoms with Gasteiger partial charge < -0.3 is 0 Å². The molecule has 0 aromatic heterocycles. The second-order valence-corrected chi connectivity index (χ2v) is 4.18. The molecule has 0 rings (SSSR count). The van der Waals surface area contributed by atoms with Crippen LogP contribution < -0.4 is 0 Å². The quantitative estimate of drug-likeness (QED) is 0.358. The molecule has 0 aliphatic heterocycles. The van der Waals surface area contributed by atoms with Gasteiger partial charge in [-0.2, -0.15) is 0 Å². The summed E-state index contributed by atoms with van der Waals surface area (Å²) in [4.78, 5) is 4.21. The third-order valence-electron chi connectivity index (χ3n) is 2.79. The van der Waals surface area contributed by atoms with Crippen LogP contribution in [0.1, 0.15) is 71.6 Å². The van der Waals surface area contributed by atoms with Crippen LogP contribution in [0.2, 0.25) is 0 Å². The summed E-state index contributed by atoms with van der Waals surface area (Å²) in [7, 11) is 0. The number of unbranched alkanes of at least 4 members (excludes halogenated alkanes) is 5. The first kappa shape index (κ1) is 13.7. The lowest BCUT2D eigenvalue weighted by molar-refractivity contribution is 0.501. The topological polar surface area (TPSA) is 12.4 Å². The molecule has 14 heavy (non-hydrogen) atoms. The fraction of sp³-hybridized carbons (Fsp3) is 0.923. The number of aliphatic imine (C=N–C) groups is 1. The average molecular weight is 197 g/mol. The molecular formula is C13H27N. The smallest absolute Gasteiger partial charge is 0.0492 e. The van der Waals surface area contributed by atoms with Crippen LogP contribution in [0, 0.1) is 0 Å². The molecule has 0 heterocycles. The molecule has 84 valence electrons. The summed E-state index contributed by atoms with van der Waals surface area (Å²) in [6.45, 7) is 8.19. The van der Waals surface area contributed by atoms with Gasteiger partial charge >= 0.3 is 0 Å². The summed E-state index contributed by atoms with van der Waals surface area (Å²) in [5.41, 5.74) is 0. The Morgan fingerprint density at radius 3 is 1.86 bits per heavy atom. The van der Waals surface area contributed by atoms with Crippen LogP contribution in [0.5, 0.6) is 0 Å². The lowest BCUT2D eigenvalue weighted by Crippen LogP contribution is -2.03. The van der Waals surface area contributed by atoms with Gasteiger partial charge in [-0.1, -0.05) is 58.8 Å². The summed E-state index contributed by atoms with van der Waals surface area (Å²) >= 11 is 0. The van der Waals surface area contributed by atoms with Crippen LogP contribution in [0.4, 0.5) is 0 Å². The fourth-order valence-corrected chi connectivity index (χ4v) is 1.76. The van der Waals surface area contributed by atoms with Gasteiger partial charge in [0.15, 0.2) is 0 Å². The molecule has 0 amide bonds. The van der Waals surface area contributed by atoms with Gasteiger partial charge in [0.1, 0.15) is 0 Å². The van der Waals surface area contributed by atoms with Gasteiger partial charge in [-0.3, -0.25) is 4.99 Å². The van der Waals surface area contributed by atoms with Crippen molar-refractivity contribution in [2.75, 3.05) is 0 Å². The van der Waals surface area contributed by atoms with E-state index in [1.54, 1.807) is 0 Å². The molecule has 0 bridgehead atoms. The highest BCUT2D eigenvalue weighted by molar-refractivity contribution is 5.24. The Bertz CT molecular complexity index is 120. The molecule has 1 unspecified atom stereocenters. The number of hydrogen-bond acceptors (Lipinski definition) is 1. The van der Waals surface area contributed by atoms with E-state index in [0.29, 0.717) is 6.04 Å². The van der Waals surface area contributed by atoms with Crippen molar-refractivity contribution in [1.82, 2.24) is 0 Å². The molecule has 1 nitrogen and oxygen atoms in total. The minimum absolute atomic E-state index is 0.540. The van der Waals surface area contributed by atoms with E-state index < -0.39 is 0 Å². The second kappa shape index (κ2) is 10.7. The molecule has 0 N–H and O–H groups in total. The lowest BCUT2D eigenvalue weighted by atomic mass is 10.0. The SMILES string of the molecule is C=NC(CCCCC)CCCCCC. The maximum absolute atomic E-state index is 4.21. The Balaban J connectivity index is 3.33. The van der Waals surface area contributed by atoms with E-state index in [4.69, 9.17) is 0 Å². The van der Waals surface area contributed by atoms with Crippen LogP contribution in [0.15, 0.2) is 4.99 Å². The highest BCUT2D eigenvalue weighted by Gasteiger charge is 2.04. The molecule has 0 fully saturated rings. The van der Waals surface area contributed by atoms with E-state index in [2.05, 4.69) is 25.6 Å². The van der Waals surface area contributed by atoms with Crippen molar-refractivity contribution in [1.29, 1.82) is 0 Å². The van der Waals surface area contributed by atoms with Crippen molar-refractivity contribution in [2.24, 2.45) is 4.99 Å². The molecule has 0 saturated carbocycles. The summed E-state index contributed by atoms with van der Waals surface area (Å²) in [5, 5.41) is 0. The molecule has 0 radical (unpaired) electrons. The highest BCUT2D eigenvalue weighted by atomic mass is 14.7. The normalized spacial score (nSPS) is 12.7. The minimum atomic E-state index is 0.540. The zero-order valence-electron chi connectivity index (χ0n) is 10.1. The zero-order chi connectivity index (χ0) is 10.6. The Hall–Kier alpha value is -0.330. The van der Waals surface area contributed by atoms with Crippen LogP contribution in [-0.4, -0.2) is 12.8 Å². The second-order valence-electron chi connectivity index (χ2n) is 4.18. The fourth-order valence-electron chi connectivity index (χ4n) is 1.76. The van der Waals surface area contributed by atoms with Gasteiger partial charge in [-0.25, -0.2) is 0 Å². The van der Waals surface area contributed by atoms with Crippen molar-refractivity contribution in [2.45, 2.75) is 77.7 Å². The van der Waals surface area contributed by atoms with E-state index in [1.807, 2.05) is 0 Å². The Morgan fingerprint density at radius 1 is 0.857 bits per heavy atom. The first-order valence-electron chi connectivity index (χ1n) is 6.31. The van der Waals surface area contributed by atoms with Gasteiger partial charge in [0.2, 0.25) is 0 Å². The Kier molecular flexibility index (Phi) is 10.5. The molecule has 1 heteroatoms. The maximum Gasteiger partial charge on any atom is 0.0492 e. The largest absolute Gasteiger partial charge is 0.298 e. The number of nitrogens with zero attached hydrogens (tertiary/aromatic N) is 1. The van der Waals surface area contributed by atoms with E-state index in [1.165, 1.54) is 57.8 Å². The van der Waals surface area contributed by atoms with E-state index in [-0.39, 0.29) is 0 Å². The third kappa shape index (κ3) is 8.28. The van der Waals surface area contributed by atoms with E-state index >= 15 is 0 Å². The van der Waals surface area contributed by atoms with Crippen LogP contribution in [0.3, 0.4) is 0 Å². The molecular weight excluding hydrogens is 170 g/mol. The summed E-state index contributed by atoms with van der Waals surface area (Å²) < 4.78 is 0. The van der Waals surface area contributed by atoms with Crippen molar-refractivity contribution in [3.63, 3.8) is 0 Å². The third-order valence-corrected chi connectivity index (χ3v) is 2.79. The first-order chi connectivity index (χ1) is 6.85. The first-order valence-corrected chi connectivity index (χ1v) is 6.31. The highest BCUT2D eigenvalue weighted by Crippen LogP contribution is 2.13. The predicted molar refractivity (Wildman–Crippen MR) is 66.2 cm³/mol. The molecule has 0 aliphatic carbocycles. The van der Waals surface area contributed by atoms with Crippen molar-refractivity contribution in [3.05, 3.63) is 0 Å². The molecule has 0 aliphatic rings. The molecule has 0 saturated heterocycles. The molecule has 0 aromatic carbocycles. The van der Waals surface area contributed by atoms with Crippen LogP contribution >= 0.6 is 0 Å². The van der Waals surface area contributed by atoms with Gasteiger partial charge in [-0.05, 0) is 19.6 Å². The van der Waals surface area contributed by atoms with Gasteiger partial charge in [-0.15, -0.1) is 0 Å².